The molecular formula is C22H27N5O4S2. The van der Waals surface area contributed by atoms with Gasteiger partial charge >= 0.3 is 5.97 Å². The molecule has 11 heteroatoms. The number of aryl methyl sites for hydroxylation is 2. The highest BCUT2D eigenvalue weighted by Crippen LogP contribution is 2.24. The van der Waals surface area contributed by atoms with Crippen molar-refractivity contribution in [2.24, 2.45) is 0 Å². The van der Waals surface area contributed by atoms with Crippen LogP contribution in [-0.2, 0) is 29.1 Å². The van der Waals surface area contributed by atoms with Crippen LogP contribution in [0.15, 0.2) is 29.4 Å². The van der Waals surface area contributed by atoms with Crippen molar-refractivity contribution in [2.75, 3.05) is 17.7 Å². The van der Waals surface area contributed by atoms with Crippen molar-refractivity contribution in [3.63, 3.8) is 0 Å². The minimum Gasteiger partial charge on any atom is -0.486 e. The number of nitrogens with one attached hydrogen (secondary N) is 1. The number of thiazole rings is 1. The maximum absolute atomic E-state index is 12.4. The van der Waals surface area contributed by atoms with E-state index in [4.69, 9.17) is 9.47 Å². The third-order valence-electron chi connectivity index (χ3n) is 4.65. The molecule has 9 nitrogen and oxygen atoms in total. The second-order valence-corrected chi connectivity index (χ2v) is 8.86. The van der Waals surface area contributed by atoms with E-state index in [0.717, 1.165) is 23.5 Å². The summed E-state index contributed by atoms with van der Waals surface area (Å²) in [7, 11) is 0. The summed E-state index contributed by atoms with van der Waals surface area (Å²) in [5, 5.41) is 12.2. The second kappa shape index (κ2) is 11.8. The normalized spacial score (nSPS) is 10.8. The van der Waals surface area contributed by atoms with Crippen LogP contribution in [-0.4, -0.2) is 44.0 Å². The molecule has 3 aromatic rings. The van der Waals surface area contributed by atoms with Gasteiger partial charge in [0, 0.05) is 6.54 Å². The number of thioether (sulfide) groups is 1. The molecule has 0 aliphatic carbocycles. The van der Waals surface area contributed by atoms with Crippen LogP contribution in [0.3, 0.4) is 0 Å². The molecular weight excluding hydrogens is 462 g/mol. The summed E-state index contributed by atoms with van der Waals surface area (Å²) in [4.78, 5) is 29.0. The number of carbonyl (C=O) groups excluding carboxylic acids is 2. The lowest BCUT2D eigenvalue weighted by Crippen LogP contribution is -2.14. The average Bonchev–Trinajstić information content (AvgIpc) is 3.38. The highest BCUT2D eigenvalue weighted by Gasteiger charge is 2.18. The maximum Gasteiger partial charge on any atom is 0.350 e. The number of carbonyl (C=O) groups is 2. The molecule has 0 bridgehead atoms. The Labute approximate surface area is 200 Å². The highest BCUT2D eigenvalue weighted by molar-refractivity contribution is 7.99. The van der Waals surface area contributed by atoms with Crippen LogP contribution >= 0.6 is 23.1 Å². The van der Waals surface area contributed by atoms with Crippen molar-refractivity contribution in [1.29, 1.82) is 0 Å². The van der Waals surface area contributed by atoms with E-state index in [0.29, 0.717) is 33.2 Å². The monoisotopic (exact) mass is 489 g/mol. The number of benzene rings is 1. The van der Waals surface area contributed by atoms with Crippen LogP contribution in [0.1, 0.15) is 47.5 Å². The predicted octanol–water partition coefficient (Wildman–Crippen LogP) is 4.11. The van der Waals surface area contributed by atoms with E-state index in [1.54, 1.807) is 13.8 Å². The van der Waals surface area contributed by atoms with Crippen molar-refractivity contribution in [2.45, 2.75) is 52.4 Å². The number of anilines is 1. The Morgan fingerprint density at radius 2 is 1.91 bits per heavy atom. The lowest BCUT2D eigenvalue weighted by Gasteiger charge is -2.09. The van der Waals surface area contributed by atoms with Gasteiger partial charge in [0.2, 0.25) is 5.91 Å². The maximum atomic E-state index is 12.4. The molecule has 2 aromatic heterocycles. The molecule has 0 saturated carbocycles. The molecule has 0 aliphatic rings. The van der Waals surface area contributed by atoms with E-state index in [1.165, 1.54) is 17.3 Å². The topological polar surface area (TPSA) is 108 Å². The van der Waals surface area contributed by atoms with Gasteiger partial charge in [-0.2, -0.15) is 0 Å². The number of hydrogen-bond donors (Lipinski definition) is 1. The van der Waals surface area contributed by atoms with E-state index in [9.17, 15) is 9.59 Å². The number of aromatic nitrogens is 4. The van der Waals surface area contributed by atoms with Gasteiger partial charge in [0.15, 0.2) is 16.1 Å². The Morgan fingerprint density at radius 3 is 2.58 bits per heavy atom. The molecule has 0 atom stereocenters. The largest absolute Gasteiger partial charge is 0.486 e. The number of amides is 1. The fourth-order valence-corrected chi connectivity index (χ4v) is 4.64. The van der Waals surface area contributed by atoms with Crippen LogP contribution in [0, 0.1) is 6.92 Å². The standard InChI is InChI=1S/C22H27N5O4S2/c1-5-15-8-10-16(11-9-15)31-12-17-25-26-22(27(17)6-2)32-13-18(28)24-21-23-14(4)19(33-21)20(29)30-7-3/h8-11H,5-7,12-13H2,1-4H3,(H,23,24,28). The van der Waals surface area contributed by atoms with Crippen molar-refractivity contribution < 1.29 is 19.1 Å². The zero-order valence-electron chi connectivity index (χ0n) is 19.1. The first-order valence-corrected chi connectivity index (χ1v) is 12.5. The number of ether oxygens (including phenoxy) is 2. The first-order chi connectivity index (χ1) is 15.9. The summed E-state index contributed by atoms with van der Waals surface area (Å²) in [5.41, 5.74) is 1.78. The number of rotatable bonds is 11. The Hall–Kier alpha value is -2.92. The fourth-order valence-electron chi connectivity index (χ4n) is 2.94. The van der Waals surface area contributed by atoms with E-state index in [2.05, 4.69) is 27.4 Å². The molecule has 176 valence electrons. The van der Waals surface area contributed by atoms with Gasteiger partial charge in [-0.3, -0.25) is 4.79 Å². The second-order valence-electron chi connectivity index (χ2n) is 6.92. The summed E-state index contributed by atoms with van der Waals surface area (Å²) in [6.07, 6.45) is 0.979. The fraction of sp³-hybridized carbons (Fsp3) is 0.409. The van der Waals surface area contributed by atoms with Crippen molar-refractivity contribution >= 4 is 40.1 Å². The number of hydrogen-bond acceptors (Lipinski definition) is 9. The first kappa shape index (κ1) is 24.7. The van der Waals surface area contributed by atoms with Crippen LogP contribution in [0.5, 0.6) is 5.75 Å². The summed E-state index contributed by atoms with van der Waals surface area (Å²) in [5.74, 6) is 0.908. The lowest BCUT2D eigenvalue weighted by molar-refractivity contribution is -0.113. The van der Waals surface area contributed by atoms with Gasteiger partial charge in [-0.15, -0.1) is 10.2 Å². The molecule has 0 fully saturated rings. The molecule has 0 spiro atoms. The lowest BCUT2D eigenvalue weighted by atomic mass is 10.2. The van der Waals surface area contributed by atoms with Crippen LogP contribution in [0.4, 0.5) is 5.13 Å². The predicted molar refractivity (Wildman–Crippen MR) is 128 cm³/mol. The Morgan fingerprint density at radius 1 is 1.15 bits per heavy atom. The van der Waals surface area contributed by atoms with Crippen LogP contribution < -0.4 is 10.1 Å². The minimum atomic E-state index is -0.436. The molecule has 1 aromatic carbocycles. The van der Waals surface area contributed by atoms with Crippen molar-refractivity contribution in [3.8, 4) is 5.75 Å². The van der Waals surface area contributed by atoms with Gasteiger partial charge in [0.05, 0.1) is 18.1 Å². The molecule has 1 amide bonds. The van der Waals surface area contributed by atoms with Gasteiger partial charge in [-0.05, 0) is 44.9 Å². The van der Waals surface area contributed by atoms with Crippen LogP contribution in [0.2, 0.25) is 0 Å². The van der Waals surface area contributed by atoms with Crippen molar-refractivity contribution in [3.05, 3.63) is 46.2 Å². The zero-order chi connectivity index (χ0) is 23.8. The quantitative estimate of drug-likeness (QED) is 0.317. The number of esters is 1. The molecule has 0 radical (unpaired) electrons. The SMILES string of the molecule is CCOC(=O)c1sc(NC(=O)CSc2nnc(COc3ccc(CC)cc3)n2CC)nc1C. The highest BCUT2D eigenvalue weighted by atomic mass is 32.2. The minimum absolute atomic E-state index is 0.130. The summed E-state index contributed by atoms with van der Waals surface area (Å²) < 4.78 is 12.8. The average molecular weight is 490 g/mol. The third-order valence-corrected chi connectivity index (χ3v) is 6.67. The van der Waals surface area contributed by atoms with E-state index < -0.39 is 5.97 Å². The molecule has 0 unspecified atom stereocenters. The molecule has 1 N–H and O–H groups in total. The molecule has 2 heterocycles. The van der Waals surface area contributed by atoms with E-state index >= 15 is 0 Å². The zero-order valence-corrected chi connectivity index (χ0v) is 20.7. The molecule has 0 saturated heterocycles. The van der Waals surface area contributed by atoms with Crippen molar-refractivity contribution in [1.82, 2.24) is 19.7 Å². The molecule has 33 heavy (non-hydrogen) atoms. The third kappa shape index (κ3) is 6.55. The Kier molecular flexibility index (Phi) is 8.84. The number of nitrogens with zero attached hydrogens (tertiary/aromatic N) is 4. The summed E-state index contributed by atoms with van der Waals surface area (Å²) >= 11 is 2.38. The van der Waals surface area contributed by atoms with Gasteiger partial charge < -0.3 is 19.4 Å². The Balaban J connectivity index is 1.55. The summed E-state index contributed by atoms with van der Waals surface area (Å²) in [6, 6.07) is 7.97. The summed E-state index contributed by atoms with van der Waals surface area (Å²) in [6.45, 7) is 8.76. The van der Waals surface area contributed by atoms with E-state index in [1.807, 2.05) is 35.8 Å². The molecule has 0 aliphatic heterocycles. The first-order valence-electron chi connectivity index (χ1n) is 10.7. The van der Waals surface area contributed by atoms with Gasteiger partial charge in [0.1, 0.15) is 17.2 Å². The molecule has 3 rings (SSSR count). The van der Waals surface area contributed by atoms with Gasteiger partial charge in [0.25, 0.3) is 0 Å². The van der Waals surface area contributed by atoms with E-state index in [-0.39, 0.29) is 24.9 Å². The van der Waals surface area contributed by atoms with Gasteiger partial charge in [-0.1, -0.05) is 42.2 Å². The Bertz CT molecular complexity index is 1090. The smallest absolute Gasteiger partial charge is 0.350 e. The van der Waals surface area contributed by atoms with Crippen LogP contribution in [0.25, 0.3) is 0 Å². The van der Waals surface area contributed by atoms with Gasteiger partial charge in [-0.25, -0.2) is 9.78 Å².